The molecule has 2 aromatic carbocycles. The van der Waals surface area contributed by atoms with Gasteiger partial charge in [0.2, 0.25) is 0 Å². The van der Waals surface area contributed by atoms with Crippen molar-refractivity contribution in [1.29, 1.82) is 0 Å². The molecule has 0 aliphatic heterocycles. The molecule has 0 saturated carbocycles. The van der Waals surface area contributed by atoms with Crippen LogP contribution in [0.15, 0.2) is 48.8 Å². The Morgan fingerprint density at radius 2 is 1.92 bits per heavy atom. The van der Waals surface area contributed by atoms with Crippen LogP contribution in [-0.2, 0) is 0 Å². The molecule has 3 N–H and O–H groups in total. The number of benzene rings is 2. The smallest absolute Gasteiger partial charge is 0.142 e. The highest BCUT2D eigenvalue weighted by Gasteiger charge is 2.14. The number of nitrogens with one attached hydrogen (secondary N) is 3. The number of fused-ring (bicyclic) bond motifs is 2. The number of hydrogen-bond donors (Lipinski definition) is 3. The van der Waals surface area contributed by atoms with Gasteiger partial charge in [0.1, 0.15) is 11.6 Å². The predicted molar refractivity (Wildman–Crippen MR) is 95.3 cm³/mol. The van der Waals surface area contributed by atoms with Crippen molar-refractivity contribution >= 4 is 21.9 Å². The summed E-state index contributed by atoms with van der Waals surface area (Å²) in [6.45, 7) is 0. The maximum absolute atomic E-state index is 5.22. The summed E-state index contributed by atoms with van der Waals surface area (Å²) in [4.78, 5) is 8.09. The molecule has 0 atom stereocenters. The minimum Gasteiger partial charge on any atom is -0.497 e. The standard InChI is InChI=1S/C18H14N6O/c1-25-12-4-2-10(3-5-12)17-13(9-20-24-17)18-21-15-6-11-8-19-23-14(11)7-16(15)22-18/h2-9H,1H3,(H,19,23)(H,20,24)(H,21,22). The fourth-order valence-corrected chi connectivity index (χ4v) is 3.02. The van der Waals surface area contributed by atoms with Gasteiger partial charge >= 0.3 is 0 Å². The van der Waals surface area contributed by atoms with Crippen LogP contribution in [0.25, 0.3) is 44.6 Å². The summed E-state index contributed by atoms with van der Waals surface area (Å²) in [6.07, 6.45) is 3.65. The van der Waals surface area contributed by atoms with Gasteiger partial charge in [-0.05, 0) is 36.4 Å². The average Bonchev–Trinajstić information content (AvgIpc) is 3.37. The highest BCUT2D eigenvalue weighted by atomic mass is 16.5. The second-order valence-corrected chi connectivity index (χ2v) is 5.79. The van der Waals surface area contributed by atoms with Crippen molar-refractivity contribution < 1.29 is 4.74 Å². The predicted octanol–water partition coefficient (Wildman–Crippen LogP) is 3.50. The molecule has 122 valence electrons. The topological polar surface area (TPSA) is 95.3 Å². The number of methoxy groups -OCH3 is 1. The van der Waals surface area contributed by atoms with E-state index in [1.54, 1.807) is 13.3 Å². The molecule has 7 heteroatoms. The van der Waals surface area contributed by atoms with Gasteiger partial charge in [0.25, 0.3) is 0 Å². The van der Waals surface area contributed by atoms with Crippen LogP contribution in [0.3, 0.4) is 0 Å². The van der Waals surface area contributed by atoms with Crippen LogP contribution in [-0.4, -0.2) is 37.5 Å². The van der Waals surface area contributed by atoms with Crippen LogP contribution in [0.2, 0.25) is 0 Å². The van der Waals surface area contributed by atoms with Crippen molar-refractivity contribution in [2.75, 3.05) is 7.11 Å². The van der Waals surface area contributed by atoms with Gasteiger partial charge < -0.3 is 9.72 Å². The zero-order chi connectivity index (χ0) is 16.8. The Labute approximate surface area is 142 Å². The van der Waals surface area contributed by atoms with Crippen LogP contribution in [0.5, 0.6) is 5.75 Å². The highest BCUT2D eigenvalue weighted by molar-refractivity contribution is 5.94. The second-order valence-electron chi connectivity index (χ2n) is 5.79. The zero-order valence-corrected chi connectivity index (χ0v) is 13.4. The first kappa shape index (κ1) is 13.8. The quantitative estimate of drug-likeness (QED) is 0.472. The molecule has 0 spiro atoms. The molecular weight excluding hydrogens is 316 g/mol. The summed E-state index contributed by atoms with van der Waals surface area (Å²) in [5, 5.41) is 15.4. The number of aromatic amines is 3. The molecule has 0 radical (unpaired) electrons. The molecule has 0 aliphatic carbocycles. The summed E-state index contributed by atoms with van der Waals surface area (Å²) in [7, 11) is 1.65. The Hall–Kier alpha value is -3.61. The molecule has 0 saturated heterocycles. The first-order valence-electron chi connectivity index (χ1n) is 7.83. The zero-order valence-electron chi connectivity index (χ0n) is 13.4. The van der Waals surface area contributed by atoms with Gasteiger partial charge in [-0.25, -0.2) is 4.98 Å². The lowest BCUT2D eigenvalue weighted by Gasteiger charge is -2.03. The van der Waals surface area contributed by atoms with E-state index >= 15 is 0 Å². The molecule has 0 unspecified atom stereocenters. The molecule has 0 bridgehead atoms. The highest BCUT2D eigenvalue weighted by Crippen LogP contribution is 2.31. The summed E-state index contributed by atoms with van der Waals surface area (Å²) >= 11 is 0. The molecule has 0 amide bonds. The molecule has 0 aliphatic rings. The Kier molecular flexibility index (Phi) is 2.87. The summed E-state index contributed by atoms with van der Waals surface area (Å²) in [5.41, 5.74) is 5.59. The van der Waals surface area contributed by atoms with E-state index < -0.39 is 0 Å². The van der Waals surface area contributed by atoms with Crippen molar-refractivity contribution in [2.45, 2.75) is 0 Å². The lowest BCUT2D eigenvalue weighted by Crippen LogP contribution is -1.86. The first-order valence-corrected chi connectivity index (χ1v) is 7.83. The van der Waals surface area contributed by atoms with Crippen molar-refractivity contribution in [2.24, 2.45) is 0 Å². The molecule has 25 heavy (non-hydrogen) atoms. The van der Waals surface area contributed by atoms with Gasteiger partial charge in [-0.3, -0.25) is 10.2 Å². The molecule has 3 heterocycles. The number of H-pyrrole nitrogens is 3. The molecule has 3 aromatic heterocycles. The largest absolute Gasteiger partial charge is 0.497 e. The van der Waals surface area contributed by atoms with E-state index in [0.717, 1.165) is 50.3 Å². The van der Waals surface area contributed by atoms with E-state index in [0.29, 0.717) is 0 Å². The van der Waals surface area contributed by atoms with Gasteiger partial charge in [0, 0.05) is 17.1 Å². The van der Waals surface area contributed by atoms with Crippen molar-refractivity contribution in [3.63, 3.8) is 0 Å². The number of rotatable bonds is 3. The number of ether oxygens (including phenoxy) is 1. The third-order valence-corrected chi connectivity index (χ3v) is 4.31. The lowest BCUT2D eigenvalue weighted by molar-refractivity contribution is 0.415. The lowest BCUT2D eigenvalue weighted by atomic mass is 10.1. The Balaban J connectivity index is 1.63. The minimum atomic E-state index is 0.770. The molecule has 5 aromatic rings. The fourth-order valence-electron chi connectivity index (χ4n) is 3.02. The number of imidazole rings is 1. The summed E-state index contributed by atoms with van der Waals surface area (Å²) in [6, 6.07) is 11.8. The van der Waals surface area contributed by atoms with Gasteiger partial charge in [-0.15, -0.1) is 0 Å². The number of aromatic nitrogens is 6. The van der Waals surface area contributed by atoms with Gasteiger partial charge in [-0.1, -0.05) is 0 Å². The average molecular weight is 330 g/mol. The Morgan fingerprint density at radius 3 is 2.76 bits per heavy atom. The van der Waals surface area contributed by atoms with Crippen molar-refractivity contribution in [1.82, 2.24) is 30.4 Å². The Bertz CT molecular complexity index is 1130. The van der Waals surface area contributed by atoms with E-state index in [2.05, 4.69) is 25.4 Å². The van der Waals surface area contributed by atoms with Crippen LogP contribution < -0.4 is 4.74 Å². The normalized spacial score (nSPS) is 11.4. The van der Waals surface area contributed by atoms with E-state index in [1.165, 1.54) is 0 Å². The van der Waals surface area contributed by atoms with E-state index in [4.69, 9.17) is 9.72 Å². The summed E-state index contributed by atoms with van der Waals surface area (Å²) in [5.74, 6) is 1.59. The third-order valence-electron chi connectivity index (χ3n) is 4.31. The van der Waals surface area contributed by atoms with Gasteiger partial charge in [0.15, 0.2) is 0 Å². The SMILES string of the molecule is COc1ccc(-c2[nH]ncc2-c2nc3cc4c[nH]nc4cc3[nH]2)cc1. The summed E-state index contributed by atoms with van der Waals surface area (Å²) < 4.78 is 5.22. The molecule has 5 rings (SSSR count). The van der Waals surface area contributed by atoms with Crippen LogP contribution >= 0.6 is 0 Å². The number of nitrogens with zero attached hydrogens (tertiary/aromatic N) is 3. The third kappa shape index (κ3) is 2.17. The monoisotopic (exact) mass is 330 g/mol. The van der Waals surface area contributed by atoms with E-state index in [1.807, 2.05) is 42.6 Å². The first-order chi connectivity index (χ1) is 12.3. The second kappa shape index (κ2) is 5.20. The maximum atomic E-state index is 5.22. The van der Waals surface area contributed by atoms with Crippen molar-refractivity contribution in [3.8, 4) is 28.4 Å². The van der Waals surface area contributed by atoms with Crippen LogP contribution in [0.4, 0.5) is 0 Å². The van der Waals surface area contributed by atoms with E-state index in [9.17, 15) is 0 Å². The maximum Gasteiger partial charge on any atom is 0.142 e. The molecular formula is C18H14N6O. The number of hydrogen-bond acceptors (Lipinski definition) is 4. The van der Waals surface area contributed by atoms with Gasteiger partial charge in [-0.2, -0.15) is 10.2 Å². The Morgan fingerprint density at radius 1 is 1.04 bits per heavy atom. The van der Waals surface area contributed by atoms with Gasteiger partial charge in [0.05, 0.1) is 41.1 Å². The minimum absolute atomic E-state index is 0.770. The van der Waals surface area contributed by atoms with Crippen molar-refractivity contribution in [3.05, 3.63) is 48.8 Å². The van der Waals surface area contributed by atoms with Crippen LogP contribution in [0.1, 0.15) is 0 Å². The fraction of sp³-hybridized carbons (Fsp3) is 0.0556. The molecule has 0 fully saturated rings. The van der Waals surface area contributed by atoms with Crippen LogP contribution in [0, 0.1) is 0 Å². The van der Waals surface area contributed by atoms with E-state index in [-0.39, 0.29) is 0 Å². The molecule has 7 nitrogen and oxygen atoms in total.